The zero-order valence-electron chi connectivity index (χ0n) is 16.1. The Morgan fingerprint density at radius 2 is 1.89 bits per heavy atom. The predicted octanol–water partition coefficient (Wildman–Crippen LogP) is 2.48. The average Bonchev–Trinajstić information content (AvgIpc) is 2.87. The van der Waals surface area contributed by atoms with Gasteiger partial charge in [0.1, 0.15) is 17.3 Å². The van der Waals surface area contributed by atoms with Gasteiger partial charge in [-0.15, -0.1) is 0 Å². The molecule has 1 N–H and O–H groups in total. The molecule has 0 unspecified atom stereocenters. The van der Waals surface area contributed by atoms with Gasteiger partial charge in [0.25, 0.3) is 0 Å². The highest BCUT2D eigenvalue weighted by Crippen LogP contribution is 2.18. The molecule has 1 heterocycles. The van der Waals surface area contributed by atoms with Crippen LogP contribution in [0.1, 0.15) is 30.9 Å². The van der Waals surface area contributed by atoms with E-state index in [2.05, 4.69) is 9.88 Å². The van der Waals surface area contributed by atoms with Crippen molar-refractivity contribution in [2.24, 2.45) is 0 Å². The Morgan fingerprint density at radius 3 is 2.41 bits per heavy atom. The summed E-state index contributed by atoms with van der Waals surface area (Å²) in [6.45, 7) is 7.56. The van der Waals surface area contributed by atoms with E-state index in [1.165, 1.54) is 4.90 Å². The first-order chi connectivity index (χ1) is 12.6. The van der Waals surface area contributed by atoms with Crippen LogP contribution in [0.25, 0.3) is 0 Å². The van der Waals surface area contributed by atoms with E-state index in [1.54, 1.807) is 45.2 Å². The predicted molar refractivity (Wildman–Crippen MR) is 102 cm³/mol. The Kier molecular flexibility index (Phi) is 6.48. The first-order valence-corrected chi connectivity index (χ1v) is 10.2. The lowest BCUT2D eigenvalue weighted by Crippen LogP contribution is -2.34. The monoisotopic (exact) mass is 395 g/mol. The smallest absolute Gasteiger partial charge is 0.241 e. The first kappa shape index (κ1) is 20.8. The summed E-state index contributed by atoms with van der Waals surface area (Å²) in [6.07, 6.45) is 0.0263. The van der Waals surface area contributed by atoms with Gasteiger partial charge in [0.05, 0.1) is 18.3 Å². The number of hydrogen-bond donors (Lipinski definition) is 1. The normalized spacial score (nSPS) is 11.5. The van der Waals surface area contributed by atoms with Gasteiger partial charge < -0.3 is 14.2 Å². The molecule has 148 valence electrons. The highest BCUT2D eigenvalue weighted by molar-refractivity contribution is 7.93. The molecule has 9 heteroatoms. The van der Waals surface area contributed by atoms with E-state index in [9.17, 15) is 13.2 Å². The SMILES string of the molecule is Cc1noc(C)c1CN(C)C(=O)CS(=O)(=O)Nc1ccc(OC(C)C)cc1. The van der Waals surface area contributed by atoms with Gasteiger partial charge in [-0.2, -0.15) is 0 Å². The van der Waals surface area contributed by atoms with Crippen LogP contribution in [-0.2, 0) is 21.4 Å². The fourth-order valence-corrected chi connectivity index (χ4v) is 3.53. The number of rotatable bonds is 8. The molecule has 2 rings (SSSR count). The van der Waals surface area contributed by atoms with Gasteiger partial charge in [0.2, 0.25) is 15.9 Å². The Labute approximate surface area is 159 Å². The second-order valence-corrected chi connectivity index (χ2v) is 8.33. The van der Waals surface area contributed by atoms with Gasteiger partial charge in [-0.25, -0.2) is 8.42 Å². The van der Waals surface area contributed by atoms with Gasteiger partial charge in [0, 0.05) is 18.3 Å². The number of sulfonamides is 1. The van der Waals surface area contributed by atoms with Crippen LogP contribution in [0.5, 0.6) is 5.75 Å². The quantitative estimate of drug-likeness (QED) is 0.737. The van der Waals surface area contributed by atoms with Crippen molar-refractivity contribution >= 4 is 21.6 Å². The second-order valence-electron chi connectivity index (χ2n) is 6.60. The Bertz CT molecular complexity index is 869. The minimum Gasteiger partial charge on any atom is -0.491 e. The maximum atomic E-state index is 12.3. The summed E-state index contributed by atoms with van der Waals surface area (Å²) in [5.74, 6) is 0.0687. The van der Waals surface area contributed by atoms with E-state index in [0.29, 0.717) is 22.9 Å². The number of carbonyl (C=O) groups excluding carboxylic acids is 1. The van der Waals surface area contributed by atoms with E-state index >= 15 is 0 Å². The van der Waals surface area contributed by atoms with Gasteiger partial charge >= 0.3 is 0 Å². The maximum Gasteiger partial charge on any atom is 0.241 e. The third-order valence-electron chi connectivity index (χ3n) is 3.82. The largest absolute Gasteiger partial charge is 0.491 e. The summed E-state index contributed by atoms with van der Waals surface area (Å²) in [5, 5.41) is 3.83. The van der Waals surface area contributed by atoms with Crippen molar-refractivity contribution in [3.05, 3.63) is 41.3 Å². The molecule has 0 aliphatic carbocycles. The lowest BCUT2D eigenvalue weighted by atomic mass is 10.2. The summed E-state index contributed by atoms with van der Waals surface area (Å²) < 4.78 is 37.6. The first-order valence-electron chi connectivity index (χ1n) is 8.50. The summed E-state index contributed by atoms with van der Waals surface area (Å²) >= 11 is 0. The number of carbonyl (C=O) groups is 1. The highest BCUT2D eigenvalue weighted by Gasteiger charge is 2.21. The number of anilines is 1. The fraction of sp³-hybridized carbons (Fsp3) is 0.444. The molecule has 1 aromatic carbocycles. The van der Waals surface area contributed by atoms with Crippen LogP contribution in [-0.4, -0.2) is 43.3 Å². The molecule has 2 aromatic rings. The second kappa shape index (κ2) is 8.43. The third-order valence-corrected chi connectivity index (χ3v) is 4.99. The number of benzene rings is 1. The number of hydrogen-bond acceptors (Lipinski definition) is 6. The molecule has 0 aliphatic rings. The van der Waals surface area contributed by atoms with E-state index < -0.39 is 21.7 Å². The van der Waals surface area contributed by atoms with E-state index in [1.807, 2.05) is 13.8 Å². The number of nitrogens with zero attached hydrogens (tertiary/aromatic N) is 2. The fourth-order valence-electron chi connectivity index (χ4n) is 2.42. The molecule has 0 aliphatic heterocycles. The molecule has 1 amide bonds. The topological polar surface area (TPSA) is 102 Å². The van der Waals surface area contributed by atoms with Crippen molar-refractivity contribution in [1.82, 2.24) is 10.1 Å². The van der Waals surface area contributed by atoms with Gasteiger partial charge in [-0.05, 0) is 52.0 Å². The van der Waals surface area contributed by atoms with Crippen molar-refractivity contribution < 1.29 is 22.5 Å². The van der Waals surface area contributed by atoms with E-state index in [4.69, 9.17) is 9.26 Å². The number of amides is 1. The average molecular weight is 395 g/mol. The van der Waals surface area contributed by atoms with Crippen molar-refractivity contribution in [2.45, 2.75) is 40.3 Å². The number of aryl methyl sites for hydroxylation is 2. The molecule has 8 nitrogen and oxygen atoms in total. The van der Waals surface area contributed by atoms with Crippen LogP contribution in [0.2, 0.25) is 0 Å². The summed E-state index contributed by atoms with van der Waals surface area (Å²) in [7, 11) is -2.29. The molecular weight excluding hydrogens is 370 g/mol. The van der Waals surface area contributed by atoms with Gasteiger partial charge in [-0.1, -0.05) is 5.16 Å². The van der Waals surface area contributed by atoms with Crippen LogP contribution in [0.3, 0.4) is 0 Å². The lowest BCUT2D eigenvalue weighted by Gasteiger charge is -2.17. The highest BCUT2D eigenvalue weighted by atomic mass is 32.2. The number of ether oxygens (including phenoxy) is 1. The van der Waals surface area contributed by atoms with Crippen LogP contribution in [0, 0.1) is 13.8 Å². The minimum atomic E-state index is -3.84. The molecular formula is C18H25N3O5S. The molecule has 0 saturated heterocycles. The van der Waals surface area contributed by atoms with Crippen LogP contribution < -0.4 is 9.46 Å². The lowest BCUT2D eigenvalue weighted by molar-refractivity contribution is -0.127. The van der Waals surface area contributed by atoms with Crippen LogP contribution >= 0.6 is 0 Å². The Balaban J connectivity index is 1.97. The Hall–Kier alpha value is -2.55. The third kappa shape index (κ3) is 5.99. The molecule has 1 aromatic heterocycles. The van der Waals surface area contributed by atoms with E-state index in [-0.39, 0.29) is 12.6 Å². The van der Waals surface area contributed by atoms with Crippen molar-refractivity contribution in [2.75, 3.05) is 17.5 Å². The van der Waals surface area contributed by atoms with Crippen LogP contribution in [0.4, 0.5) is 5.69 Å². The molecule has 27 heavy (non-hydrogen) atoms. The maximum absolute atomic E-state index is 12.3. The molecule has 0 radical (unpaired) electrons. The summed E-state index contributed by atoms with van der Waals surface area (Å²) in [5.41, 5.74) is 1.82. The zero-order valence-corrected chi connectivity index (χ0v) is 17.0. The molecule has 0 bridgehead atoms. The van der Waals surface area contributed by atoms with Crippen molar-refractivity contribution in [1.29, 1.82) is 0 Å². The molecule has 0 fully saturated rings. The number of nitrogens with one attached hydrogen (secondary N) is 1. The van der Waals surface area contributed by atoms with E-state index in [0.717, 1.165) is 5.56 Å². The van der Waals surface area contributed by atoms with Crippen LogP contribution in [0.15, 0.2) is 28.8 Å². The summed E-state index contributed by atoms with van der Waals surface area (Å²) in [4.78, 5) is 13.6. The van der Waals surface area contributed by atoms with Gasteiger partial charge in [0.15, 0.2) is 0 Å². The molecule has 0 spiro atoms. The van der Waals surface area contributed by atoms with Crippen molar-refractivity contribution in [3.63, 3.8) is 0 Å². The van der Waals surface area contributed by atoms with Gasteiger partial charge in [-0.3, -0.25) is 9.52 Å². The van der Waals surface area contributed by atoms with Crippen molar-refractivity contribution in [3.8, 4) is 5.75 Å². The zero-order chi connectivity index (χ0) is 20.2. The number of aromatic nitrogens is 1. The Morgan fingerprint density at radius 1 is 1.26 bits per heavy atom. The molecule has 0 atom stereocenters. The standard InChI is InChI=1S/C18H25N3O5S/c1-12(2)25-16-8-6-15(7-9-16)20-27(23,24)11-18(22)21(5)10-17-13(3)19-26-14(17)4/h6-9,12,20H,10-11H2,1-5H3. The minimum absolute atomic E-state index is 0.0263. The summed E-state index contributed by atoms with van der Waals surface area (Å²) in [6, 6.07) is 6.52. The molecule has 0 saturated carbocycles.